The van der Waals surface area contributed by atoms with Gasteiger partial charge in [0.25, 0.3) is 6.43 Å². The van der Waals surface area contributed by atoms with Gasteiger partial charge in [-0.2, -0.15) is 9.78 Å². The van der Waals surface area contributed by atoms with Gasteiger partial charge < -0.3 is 0 Å². The molecular formula is C12H10F2N2O. The van der Waals surface area contributed by atoms with Gasteiger partial charge in [-0.1, -0.05) is 30.3 Å². The van der Waals surface area contributed by atoms with Crippen molar-refractivity contribution in [1.29, 1.82) is 0 Å². The molecule has 0 bridgehead atoms. The van der Waals surface area contributed by atoms with Crippen LogP contribution in [0.5, 0.6) is 0 Å². The number of aromatic nitrogens is 2. The summed E-state index contributed by atoms with van der Waals surface area (Å²) in [4.78, 5) is 11.3. The predicted octanol–water partition coefficient (Wildman–Crippen LogP) is 3.15. The summed E-state index contributed by atoms with van der Waals surface area (Å²) in [5.41, 5.74) is 0.676. The van der Waals surface area contributed by atoms with Crippen molar-refractivity contribution in [3.63, 3.8) is 0 Å². The van der Waals surface area contributed by atoms with E-state index < -0.39 is 12.3 Å². The predicted molar refractivity (Wildman–Crippen MR) is 58.9 cm³/mol. The van der Waals surface area contributed by atoms with Crippen molar-refractivity contribution in [3.8, 4) is 11.3 Å². The first-order chi connectivity index (χ1) is 8.09. The van der Waals surface area contributed by atoms with E-state index in [1.54, 1.807) is 24.3 Å². The highest BCUT2D eigenvalue weighted by Crippen LogP contribution is 2.25. The normalized spacial score (nSPS) is 10.8. The van der Waals surface area contributed by atoms with Crippen LogP contribution in [0.3, 0.4) is 0 Å². The van der Waals surface area contributed by atoms with Crippen LogP contribution in [0, 0.1) is 0 Å². The van der Waals surface area contributed by atoms with E-state index in [-0.39, 0.29) is 5.69 Å². The van der Waals surface area contributed by atoms with Crippen LogP contribution in [0.1, 0.15) is 23.8 Å². The van der Waals surface area contributed by atoms with Crippen LogP contribution in [0.4, 0.5) is 8.78 Å². The fourth-order valence-corrected chi connectivity index (χ4v) is 1.56. The molecule has 0 amide bonds. The van der Waals surface area contributed by atoms with E-state index in [9.17, 15) is 13.6 Å². The summed E-state index contributed by atoms with van der Waals surface area (Å²) < 4.78 is 26.1. The van der Waals surface area contributed by atoms with Crippen molar-refractivity contribution >= 4 is 5.91 Å². The molecule has 0 fully saturated rings. The maximum atomic E-state index is 12.6. The average Bonchev–Trinajstić information content (AvgIpc) is 2.75. The lowest BCUT2D eigenvalue weighted by Gasteiger charge is -2.02. The first-order valence-electron chi connectivity index (χ1n) is 5.04. The van der Waals surface area contributed by atoms with Crippen LogP contribution < -0.4 is 0 Å². The molecule has 5 heteroatoms. The van der Waals surface area contributed by atoms with Crippen LogP contribution >= 0.6 is 0 Å². The molecule has 0 atom stereocenters. The van der Waals surface area contributed by atoms with Gasteiger partial charge in [-0.15, -0.1) is 0 Å². The standard InChI is InChI=1S/C12H10F2N2O/c1-8(17)16-11(7-10(15-16)12(13)14)9-5-3-2-4-6-9/h2-7,12H,1H3. The summed E-state index contributed by atoms with van der Waals surface area (Å²) in [6.45, 7) is 1.29. The zero-order valence-electron chi connectivity index (χ0n) is 9.10. The number of alkyl halides is 2. The molecule has 0 radical (unpaired) electrons. The zero-order chi connectivity index (χ0) is 12.4. The van der Waals surface area contributed by atoms with Gasteiger partial charge in [0.15, 0.2) is 0 Å². The molecule has 2 aromatic rings. The molecule has 0 saturated heterocycles. The Morgan fingerprint density at radius 3 is 2.47 bits per heavy atom. The second-order valence-corrected chi connectivity index (χ2v) is 3.55. The van der Waals surface area contributed by atoms with E-state index in [1.807, 2.05) is 6.07 Å². The molecule has 0 aliphatic rings. The van der Waals surface area contributed by atoms with Crippen molar-refractivity contribution in [1.82, 2.24) is 9.78 Å². The van der Waals surface area contributed by atoms with Crippen LogP contribution in [0.15, 0.2) is 36.4 Å². The Kier molecular flexibility index (Phi) is 2.99. The molecule has 0 aliphatic heterocycles. The highest BCUT2D eigenvalue weighted by molar-refractivity contribution is 5.81. The van der Waals surface area contributed by atoms with Gasteiger partial charge in [0.2, 0.25) is 5.91 Å². The number of carbonyl (C=O) groups excluding carboxylic acids is 1. The van der Waals surface area contributed by atoms with Crippen molar-refractivity contribution in [3.05, 3.63) is 42.1 Å². The van der Waals surface area contributed by atoms with Gasteiger partial charge in [-0.3, -0.25) is 4.79 Å². The largest absolute Gasteiger partial charge is 0.282 e. The minimum Gasteiger partial charge on any atom is -0.273 e. The number of benzene rings is 1. The number of nitrogens with zero attached hydrogens (tertiary/aromatic N) is 2. The Morgan fingerprint density at radius 1 is 1.29 bits per heavy atom. The third kappa shape index (κ3) is 2.22. The molecule has 88 valence electrons. The minimum atomic E-state index is -2.68. The molecule has 0 aliphatic carbocycles. The Morgan fingerprint density at radius 2 is 1.94 bits per heavy atom. The van der Waals surface area contributed by atoms with Gasteiger partial charge in [0, 0.05) is 12.5 Å². The van der Waals surface area contributed by atoms with Crippen LogP contribution in [0.25, 0.3) is 11.3 Å². The summed E-state index contributed by atoms with van der Waals surface area (Å²) in [7, 11) is 0. The Balaban J connectivity index is 2.56. The Bertz CT molecular complexity index is 535. The molecule has 0 saturated carbocycles. The molecule has 3 nitrogen and oxygen atoms in total. The molecule has 17 heavy (non-hydrogen) atoms. The van der Waals surface area contributed by atoms with Crippen LogP contribution in [0.2, 0.25) is 0 Å². The molecule has 0 unspecified atom stereocenters. The number of halogens is 2. The third-order valence-corrected chi connectivity index (χ3v) is 2.32. The van der Waals surface area contributed by atoms with Crippen molar-refractivity contribution in [2.45, 2.75) is 13.3 Å². The first kappa shape index (κ1) is 11.4. The van der Waals surface area contributed by atoms with Gasteiger partial charge in [-0.25, -0.2) is 8.78 Å². The van der Waals surface area contributed by atoms with Gasteiger partial charge >= 0.3 is 0 Å². The smallest absolute Gasteiger partial charge is 0.273 e. The van der Waals surface area contributed by atoms with Crippen molar-refractivity contribution in [2.24, 2.45) is 0 Å². The lowest BCUT2D eigenvalue weighted by atomic mass is 10.1. The monoisotopic (exact) mass is 236 g/mol. The van der Waals surface area contributed by atoms with Crippen molar-refractivity contribution < 1.29 is 13.6 Å². The maximum absolute atomic E-state index is 12.6. The zero-order valence-corrected chi connectivity index (χ0v) is 9.10. The number of carbonyl (C=O) groups is 1. The number of rotatable bonds is 2. The van der Waals surface area contributed by atoms with E-state index >= 15 is 0 Å². The Hall–Kier alpha value is -2.04. The molecule has 0 N–H and O–H groups in total. The fourth-order valence-electron chi connectivity index (χ4n) is 1.56. The van der Waals surface area contributed by atoms with E-state index in [2.05, 4.69) is 5.10 Å². The second-order valence-electron chi connectivity index (χ2n) is 3.55. The lowest BCUT2D eigenvalue weighted by Crippen LogP contribution is -2.09. The maximum Gasteiger partial charge on any atom is 0.282 e. The Labute approximate surface area is 96.7 Å². The van der Waals surface area contributed by atoms with E-state index in [4.69, 9.17) is 0 Å². The molecular weight excluding hydrogens is 226 g/mol. The van der Waals surface area contributed by atoms with E-state index in [0.29, 0.717) is 11.3 Å². The molecule has 0 spiro atoms. The summed E-state index contributed by atoms with van der Waals surface area (Å²) in [5, 5.41) is 3.60. The highest BCUT2D eigenvalue weighted by atomic mass is 19.3. The summed E-state index contributed by atoms with van der Waals surface area (Å²) >= 11 is 0. The molecule has 1 aromatic carbocycles. The van der Waals surface area contributed by atoms with E-state index in [0.717, 1.165) is 4.68 Å². The van der Waals surface area contributed by atoms with Crippen LogP contribution in [-0.4, -0.2) is 15.7 Å². The topological polar surface area (TPSA) is 34.9 Å². The molecule has 2 rings (SSSR count). The van der Waals surface area contributed by atoms with Gasteiger partial charge in [0.05, 0.1) is 5.69 Å². The van der Waals surface area contributed by atoms with Crippen LogP contribution in [-0.2, 0) is 0 Å². The molecule has 1 heterocycles. The molecule has 1 aromatic heterocycles. The summed E-state index contributed by atoms with van der Waals surface area (Å²) in [6.07, 6.45) is -2.68. The fraction of sp³-hybridized carbons (Fsp3) is 0.167. The number of hydrogen-bond acceptors (Lipinski definition) is 2. The minimum absolute atomic E-state index is 0.383. The summed E-state index contributed by atoms with van der Waals surface area (Å²) in [5.74, 6) is -0.393. The van der Waals surface area contributed by atoms with Crippen molar-refractivity contribution in [2.75, 3.05) is 0 Å². The average molecular weight is 236 g/mol. The van der Waals surface area contributed by atoms with E-state index in [1.165, 1.54) is 13.0 Å². The number of hydrogen-bond donors (Lipinski definition) is 0. The highest BCUT2D eigenvalue weighted by Gasteiger charge is 2.18. The van der Waals surface area contributed by atoms with Gasteiger partial charge in [0.1, 0.15) is 5.69 Å². The van der Waals surface area contributed by atoms with Gasteiger partial charge in [-0.05, 0) is 6.07 Å². The lowest BCUT2D eigenvalue weighted by molar-refractivity contribution is 0.0918. The SMILES string of the molecule is CC(=O)n1nc(C(F)F)cc1-c1ccccc1. The third-order valence-electron chi connectivity index (χ3n) is 2.32. The quantitative estimate of drug-likeness (QED) is 0.802. The first-order valence-corrected chi connectivity index (χ1v) is 5.04. The second kappa shape index (κ2) is 4.45. The summed E-state index contributed by atoms with van der Waals surface area (Å²) in [6, 6.07) is 10.1.